The Morgan fingerprint density at radius 3 is 2.21 bits per heavy atom. The maximum atomic E-state index is 13.2. The minimum Gasteiger partial charge on any atom is -0.496 e. The van der Waals surface area contributed by atoms with Crippen LogP contribution in [0.1, 0.15) is 23.6 Å². The summed E-state index contributed by atoms with van der Waals surface area (Å²) in [6, 6.07) is 3.36. The molecule has 0 amide bonds. The van der Waals surface area contributed by atoms with Crippen LogP contribution < -0.4 is 4.74 Å². The molecule has 0 unspecified atom stereocenters. The predicted octanol–water partition coefficient (Wildman–Crippen LogP) is 3.42. The van der Waals surface area contributed by atoms with Gasteiger partial charge in [0.25, 0.3) is 5.92 Å². The molecule has 0 aliphatic carbocycles. The summed E-state index contributed by atoms with van der Waals surface area (Å²) >= 11 is 0. The first-order chi connectivity index (χ1) is 6.36. The van der Waals surface area contributed by atoms with Gasteiger partial charge in [-0.1, -0.05) is 6.07 Å². The van der Waals surface area contributed by atoms with E-state index in [1.54, 1.807) is 19.1 Å². The van der Waals surface area contributed by atoms with Crippen LogP contribution in [0.25, 0.3) is 0 Å². The molecule has 1 nitrogen and oxygen atoms in total. The van der Waals surface area contributed by atoms with Crippen LogP contribution in [0.3, 0.4) is 0 Å². The lowest BCUT2D eigenvalue weighted by atomic mass is 10.00. The van der Waals surface area contributed by atoms with Crippen LogP contribution in [0, 0.1) is 13.8 Å². The molecule has 14 heavy (non-hydrogen) atoms. The Bertz CT molecular complexity index is 340. The molecule has 1 rings (SSSR count). The lowest BCUT2D eigenvalue weighted by molar-refractivity contribution is 0.0144. The topological polar surface area (TPSA) is 9.23 Å². The van der Waals surface area contributed by atoms with Crippen molar-refractivity contribution >= 4 is 0 Å². The van der Waals surface area contributed by atoms with Gasteiger partial charge in [-0.25, -0.2) is 8.78 Å². The highest BCUT2D eigenvalue weighted by molar-refractivity contribution is 5.45. The Hall–Kier alpha value is -1.12. The maximum absolute atomic E-state index is 13.2. The van der Waals surface area contributed by atoms with E-state index in [-0.39, 0.29) is 11.3 Å². The summed E-state index contributed by atoms with van der Waals surface area (Å²) < 4.78 is 31.4. The molecule has 0 radical (unpaired) electrons. The summed E-state index contributed by atoms with van der Waals surface area (Å²) in [6.45, 7) is 4.41. The Morgan fingerprint density at radius 2 is 1.79 bits per heavy atom. The Kier molecular flexibility index (Phi) is 2.79. The van der Waals surface area contributed by atoms with Crippen LogP contribution in [0.15, 0.2) is 12.1 Å². The Labute approximate surface area is 82.7 Å². The predicted molar refractivity (Wildman–Crippen MR) is 52.0 cm³/mol. The van der Waals surface area contributed by atoms with Crippen LogP contribution in [0.5, 0.6) is 5.75 Å². The van der Waals surface area contributed by atoms with Gasteiger partial charge < -0.3 is 4.74 Å². The van der Waals surface area contributed by atoms with E-state index in [1.165, 1.54) is 7.11 Å². The summed E-state index contributed by atoms with van der Waals surface area (Å²) in [5.41, 5.74) is 1.47. The second kappa shape index (κ2) is 3.56. The van der Waals surface area contributed by atoms with Crippen LogP contribution in [0.2, 0.25) is 0 Å². The van der Waals surface area contributed by atoms with E-state index in [4.69, 9.17) is 4.74 Å². The largest absolute Gasteiger partial charge is 0.496 e. The second-order valence-corrected chi connectivity index (χ2v) is 3.55. The van der Waals surface area contributed by atoms with Crippen molar-refractivity contribution in [3.63, 3.8) is 0 Å². The maximum Gasteiger partial charge on any atom is 0.274 e. The molecule has 78 valence electrons. The van der Waals surface area contributed by atoms with E-state index in [0.717, 1.165) is 12.5 Å². The van der Waals surface area contributed by atoms with E-state index < -0.39 is 5.92 Å². The van der Waals surface area contributed by atoms with Crippen molar-refractivity contribution < 1.29 is 13.5 Å². The van der Waals surface area contributed by atoms with E-state index >= 15 is 0 Å². The third-order valence-corrected chi connectivity index (χ3v) is 2.10. The molecule has 0 fully saturated rings. The first-order valence-corrected chi connectivity index (χ1v) is 4.40. The highest BCUT2D eigenvalue weighted by Crippen LogP contribution is 2.37. The summed E-state index contributed by atoms with van der Waals surface area (Å²) in [6.07, 6.45) is 0. The number of halogens is 2. The SMILES string of the molecule is COc1cc(C)cc(C)c1C(C)(F)F. The summed E-state index contributed by atoms with van der Waals surface area (Å²) in [5, 5.41) is 0. The Morgan fingerprint density at radius 1 is 1.21 bits per heavy atom. The molecular formula is C11H14F2O. The number of methoxy groups -OCH3 is 1. The first kappa shape index (κ1) is 11.0. The number of alkyl halides is 2. The van der Waals surface area contributed by atoms with Crippen molar-refractivity contribution in [3.8, 4) is 5.75 Å². The fourth-order valence-electron chi connectivity index (χ4n) is 1.65. The van der Waals surface area contributed by atoms with Gasteiger partial charge in [0.2, 0.25) is 0 Å². The molecule has 0 aliphatic heterocycles. The normalized spacial score (nSPS) is 11.6. The number of hydrogen-bond acceptors (Lipinski definition) is 1. The molecule has 0 N–H and O–H groups in total. The molecule has 1 aromatic carbocycles. The number of ether oxygens (including phenoxy) is 1. The smallest absolute Gasteiger partial charge is 0.274 e. The molecule has 0 spiro atoms. The highest BCUT2D eigenvalue weighted by atomic mass is 19.3. The van der Waals surface area contributed by atoms with E-state index in [2.05, 4.69) is 0 Å². The summed E-state index contributed by atoms with van der Waals surface area (Å²) in [4.78, 5) is 0. The van der Waals surface area contributed by atoms with E-state index in [9.17, 15) is 8.78 Å². The Balaban J connectivity index is 3.40. The molecule has 0 heterocycles. The zero-order valence-corrected chi connectivity index (χ0v) is 8.82. The molecular weight excluding hydrogens is 186 g/mol. The number of aryl methyl sites for hydroxylation is 2. The van der Waals surface area contributed by atoms with Crippen LogP contribution in [0.4, 0.5) is 8.78 Å². The molecule has 0 bridgehead atoms. The van der Waals surface area contributed by atoms with Gasteiger partial charge >= 0.3 is 0 Å². The summed E-state index contributed by atoms with van der Waals surface area (Å²) in [5.74, 6) is -2.60. The van der Waals surface area contributed by atoms with Crippen molar-refractivity contribution in [1.29, 1.82) is 0 Å². The van der Waals surface area contributed by atoms with Gasteiger partial charge in [0.15, 0.2) is 0 Å². The molecule has 0 aromatic heterocycles. The number of rotatable bonds is 2. The van der Waals surface area contributed by atoms with Crippen molar-refractivity contribution in [2.24, 2.45) is 0 Å². The van der Waals surface area contributed by atoms with Crippen LogP contribution in [-0.2, 0) is 5.92 Å². The van der Waals surface area contributed by atoms with E-state index in [0.29, 0.717) is 5.56 Å². The van der Waals surface area contributed by atoms with Gasteiger partial charge in [-0.3, -0.25) is 0 Å². The third-order valence-electron chi connectivity index (χ3n) is 2.10. The highest BCUT2D eigenvalue weighted by Gasteiger charge is 2.30. The minimum absolute atomic E-state index is 0.0226. The monoisotopic (exact) mass is 200 g/mol. The second-order valence-electron chi connectivity index (χ2n) is 3.55. The van der Waals surface area contributed by atoms with Crippen molar-refractivity contribution in [3.05, 3.63) is 28.8 Å². The first-order valence-electron chi connectivity index (χ1n) is 4.40. The van der Waals surface area contributed by atoms with Crippen LogP contribution in [-0.4, -0.2) is 7.11 Å². The lowest BCUT2D eigenvalue weighted by Gasteiger charge is -2.18. The van der Waals surface area contributed by atoms with Gasteiger partial charge in [-0.15, -0.1) is 0 Å². The average Bonchev–Trinajstić information content (AvgIpc) is 1.99. The number of hydrogen-bond donors (Lipinski definition) is 0. The molecule has 1 aromatic rings. The van der Waals surface area contributed by atoms with Crippen molar-refractivity contribution in [2.45, 2.75) is 26.7 Å². The zero-order chi connectivity index (χ0) is 10.9. The van der Waals surface area contributed by atoms with Crippen molar-refractivity contribution in [2.75, 3.05) is 7.11 Å². The van der Waals surface area contributed by atoms with Gasteiger partial charge in [-0.2, -0.15) is 0 Å². The fraction of sp³-hybridized carbons (Fsp3) is 0.455. The number of benzene rings is 1. The van der Waals surface area contributed by atoms with Gasteiger partial charge in [0.1, 0.15) is 5.75 Å². The van der Waals surface area contributed by atoms with Gasteiger partial charge in [0, 0.05) is 6.92 Å². The standard InChI is InChI=1S/C11H14F2O/c1-7-5-8(2)10(11(3,12)13)9(6-7)14-4/h5-6H,1-4H3. The van der Waals surface area contributed by atoms with Crippen LogP contribution >= 0.6 is 0 Å². The van der Waals surface area contributed by atoms with Gasteiger partial charge in [0.05, 0.1) is 12.7 Å². The lowest BCUT2D eigenvalue weighted by Crippen LogP contribution is -2.11. The minimum atomic E-state index is -2.86. The van der Waals surface area contributed by atoms with Gasteiger partial charge in [-0.05, 0) is 31.0 Å². The molecule has 0 atom stereocenters. The van der Waals surface area contributed by atoms with E-state index in [1.807, 2.05) is 6.92 Å². The van der Waals surface area contributed by atoms with Crippen molar-refractivity contribution in [1.82, 2.24) is 0 Å². The molecule has 0 saturated carbocycles. The fourth-order valence-corrected chi connectivity index (χ4v) is 1.65. The third kappa shape index (κ3) is 2.03. The quantitative estimate of drug-likeness (QED) is 0.710. The molecule has 0 saturated heterocycles. The molecule has 3 heteroatoms. The summed E-state index contributed by atoms with van der Waals surface area (Å²) in [7, 11) is 1.41. The molecule has 0 aliphatic rings. The average molecular weight is 200 g/mol. The zero-order valence-electron chi connectivity index (χ0n) is 8.82.